The first-order valence-electron chi connectivity index (χ1n) is 2.80. The van der Waals surface area contributed by atoms with Gasteiger partial charge in [0.1, 0.15) is 6.61 Å². The van der Waals surface area contributed by atoms with Gasteiger partial charge in [-0.1, -0.05) is 0 Å². The lowest BCUT2D eigenvalue weighted by molar-refractivity contribution is -0.140. The van der Waals surface area contributed by atoms with Crippen molar-refractivity contribution < 1.29 is 14.3 Å². The molecule has 1 atom stereocenters. The van der Waals surface area contributed by atoms with Crippen molar-refractivity contribution in [3.05, 3.63) is 0 Å². The molecule has 0 aliphatic heterocycles. The van der Waals surface area contributed by atoms with Crippen molar-refractivity contribution in [1.29, 1.82) is 0 Å². The van der Waals surface area contributed by atoms with Crippen LogP contribution in [0.2, 0.25) is 0 Å². The predicted molar refractivity (Wildman–Crippen MR) is 33.1 cm³/mol. The Bertz CT molecular complexity index is 90.3. The molecule has 0 aromatic rings. The zero-order valence-corrected chi connectivity index (χ0v) is 6.01. The van der Waals surface area contributed by atoms with Crippen LogP contribution in [-0.4, -0.2) is 25.8 Å². The van der Waals surface area contributed by atoms with E-state index in [-0.39, 0.29) is 18.7 Å². The topological polar surface area (TPSA) is 35.5 Å². The standard InChI is InChI=1S/C6H12O3/c1-5(7)4-9-6(2)8-3/h6H,4H2,1-3H3/t6-/m0/s1. The van der Waals surface area contributed by atoms with Gasteiger partial charge in [0, 0.05) is 7.11 Å². The number of Topliss-reactive ketones (excluding diaryl/α,β-unsaturated/α-hetero) is 1. The van der Waals surface area contributed by atoms with E-state index in [2.05, 4.69) is 0 Å². The molecule has 0 aromatic carbocycles. The van der Waals surface area contributed by atoms with Crippen LogP contribution in [0.4, 0.5) is 0 Å². The highest BCUT2D eigenvalue weighted by atomic mass is 16.7. The van der Waals surface area contributed by atoms with Crippen molar-refractivity contribution >= 4 is 5.78 Å². The molecule has 3 heteroatoms. The molecular weight excluding hydrogens is 120 g/mol. The van der Waals surface area contributed by atoms with Gasteiger partial charge in [-0.15, -0.1) is 0 Å². The van der Waals surface area contributed by atoms with Crippen molar-refractivity contribution in [2.75, 3.05) is 13.7 Å². The van der Waals surface area contributed by atoms with E-state index in [1.165, 1.54) is 14.0 Å². The Morgan fingerprint density at radius 3 is 2.56 bits per heavy atom. The lowest BCUT2D eigenvalue weighted by Gasteiger charge is -2.07. The summed E-state index contributed by atoms with van der Waals surface area (Å²) >= 11 is 0. The minimum absolute atomic E-state index is 0.0129. The summed E-state index contributed by atoms with van der Waals surface area (Å²) in [6.07, 6.45) is -0.283. The number of hydrogen-bond donors (Lipinski definition) is 0. The molecule has 0 saturated heterocycles. The van der Waals surface area contributed by atoms with Crippen LogP contribution >= 0.6 is 0 Å². The van der Waals surface area contributed by atoms with Gasteiger partial charge in [-0.05, 0) is 13.8 Å². The van der Waals surface area contributed by atoms with E-state index < -0.39 is 0 Å². The fourth-order valence-corrected chi connectivity index (χ4v) is 0.303. The monoisotopic (exact) mass is 132 g/mol. The van der Waals surface area contributed by atoms with Gasteiger partial charge in [0.2, 0.25) is 0 Å². The van der Waals surface area contributed by atoms with Crippen LogP contribution in [-0.2, 0) is 14.3 Å². The van der Waals surface area contributed by atoms with E-state index in [1.54, 1.807) is 6.92 Å². The van der Waals surface area contributed by atoms with Gasteiger partial charge in [-0.3, -0.25) is 4.79 Å². The van der Waals surface area contributed by atoms with Crippen LogP contribution in [0.5, 0.6) is 0 Å². The molecule has 0 bridgehead atoms. The third-order valence-corrected chi connectivity index (χ3v) is 0.853. The molecule has 0 rings (SSSR count). The summed E-state index contributed by atoms with van der Waals surface area (Å²) in [5, 5.41) is 0. The zero-order valence-electron chi connectivity index (χ0n) is 6.01. The Kier molecular flexibility index (Phi) is 4.26. The molecule has 3 nitrogen and oxygen atoms in total. The van der Waals surface area contributed by atoms with Gasteiger partial charge in [0.15, 0.2) is 12.1 Å². The van der Waals surface area contributed by atoms with E-state index >= 15 is 0 Å². The molecule has 0 aliphatic carbocycles. The lowest BCUT2D eigenvalue weighted by atomic mass is 10.5. The molecule has 0 aliphatic rings. The highest BCUT2D eigenvalue weighted by Gasteiger charge is 1.99. The SMILES string of the molecule is CO[C@H](C)OCC(C)=O. The van der Waals surface area contributed by atoms with E-state index in [9.17, 15) is 4.79 Å². The summed E-state index contributed by atoms with van der Waals surface area (Å²) in [4.78, 5) is 10.3. The Balaban J connectivity index is 3.16. The molecule has 9 heavy (non-hydrogen) atoms. The van der Waals surface area contributed by atoms with Crippen LogP contribution in [0.15, 0.2) is 0 Å². The van der Waals surface area contributed by atoms with Crippen LogP contribution in [0.1, 0.15) is 13.8 Å². The second-order valence-corrected chi connectivity index (χ2v) is 1.82. The number of ketones is 1. The van der Waals surface area contributed by atoms with Crippen LogP contribution in [0.3, 0.4) is 0 Å². The minimum atomic E-state index is -0.283. The van der Waals surface area contributed by atoms with Crippen LogP contribution in [0.25, 0.3) is 0 Å². The van der Waals surface area contributed by atoms with Crippen molar-refractivity contribution in [2.45, 2.75) is 20.1 Å². The molecule has 0 saturated carbocycles. The highest BCUT2D eigenvalue weighted by Crippen LogP contribution is 1.89. The largest absolute Gasteiger partial charge is 0.356 e. The number of carbonyl (C=O) groups is 1. The number of ether oxygens (including phenoxy) is 2. The second kappa shape index (κ2) is 4.47. The fourth-order valence-electron chi connectivity index (χ4n) is 0.303. The molecular formula is C6H12O3. The minimum Gasteiger partial charge on any atom is -0.356 e. The summed E-state index contributed by atoms with van der Waals surface area (Å²) in [6.45, 7) is 3.35. The van der Waals surface area contributed by atoms with Gasteiger partial charge >= 0.3 is 0 Å². The summed E-state index contributed by atoms with van der Waals surface area (Å²) in [6, 6.07) is 0. The lowest BCUT2D eigenvalue weighted by Crippen LogP contribution is -2.14. The van der Waals surface area contributed by atoms with E-state index in [4.69, 9.17) is 9.47 Å². The smallest absolute Gasteiger partial charge is 0.155 e. The molecule has 0 radical (unpaired) electrons. The Labute approximate surface area is 55.0 Å². The average molecular weight is 132 g/mol. The maximum atomic E-state index is 10.3. The summed E-state index contributed by atoms with van der Waals surface area (Å²) in [5.41, 5.74) is 0. The first-order chi connectivity index (χ1) is 4.16. The Hall–Kier alpha value is -0.410. The van der Waals surface area contributed by atoms with Gasteiger partial charge in [0.05, 0.1) is 0 Å². The molecule has 0 heterocycles. The molecule has 0 aromatic heterocycles. The number of rotatable bonds is 4. The Morgan fingerprint density at radius 1 is 1.67 bits per heavy atom. The molecule has 0 spiro atoms. The van der Waals surface area contributed by atoms with E-state index in [1.807, 2.05) is 0 Å². The molecule has 0 N–H and O–H groups in total. The second-order valence-electron chi connectivity index (χ2n) is 1.82. The predicted octanol–water partition coefficient (Wildman–Crippen LogP) is 0.584. The summed E-state index contributed by atoms with van der Waals surface area (Å²) in [7, 11) is 1.53. The maximum absolute atomic E-state index is 10.3. The summed E-state index contributed by atoms with van der Waals surface area (Å²) < 4.78 is 9.61. The number of methoxy groups -OCH3 is 1. The zero-order chi connectivity index (χ0) is 7.28. The van der Waals surface area contributed by atoms with Crippen molar-refractivity contribution in [1.82, 2.24) is 0 Å². The molecule has 0 fully saturated rings. The van der Waals surface area contributed by atoms with E-state index in [0.717, 1.165) is 0 Å². The molecule has 0 amide bonds. The average Bonchev–Trinajstić information content (AvgIpc) is 1.83. The third kappa shape index (κ3) is 5.46. The number of carbonyl (C=O) groups excluding carboxylic acids is 1. The third-order valence-electron chi connectivity index (χ3n) is 0.853. The van der Waals surface area contributed by atoms with Gasteiger partial charge < -0.3 is 9.47 Å². The quantitative estimate of drug-likeness (QED) is 0.525. The number of hydrogen-bond acceptors (Lipinski definition) is 3. The van der Waals surface area contributed by atoms with Gasteiger partial charge in [-0.25, -0.2) is 0 Å². The normalized spacial score (nSPS) is 13.2. The highest BCUT2D eigenvalue weighted by molar-refractivity contribution is 5.76. The van der Waals surface area contributed by atoms with Crippen molar-refractivity contribution in [2.24, 2.45) is 0 Å². The van der Waals surface area contributed by atoms with Gasteiger partial charge in [0.25, 0.3) is 0 Å². The van der Waals surface area contributed by atoms with Crippen LogP contribution in [0, 0.1) is 0 Å². The summed E-state index contributed by atoms with van der Waals surface area (Å²) in [5.74, 6) is 0.0129. The van der Waals surface area contributed by atoms with E-state index in [0.29, 0.717) is 0 Å². The Morgan fingerprint density at radius 2 is 2.22 bits per heavy atom. The van der Waals surface area contributed by atoms with Crippen molar-refractivity contribution in [3.8, 4) is 0 Å². The first-order valence-corrected chi connectivity index (χ1v) is 2.80. The van der Waals surface area contributed by atoms with Crippen molar-refractivity contribution in [3.63, 3.8) is 0 Å². The van der Waals surface area contributed by atoms with Crippen LogP contribution < -0.4 is 0 Å². The fraction of sp³-hybridized carbons (Fsp3) is 0.833. The molecule has 54 valence electrons. The van der Waals surface area contributed by atoms with Gasteiger partial charge in [-0.2, -0.15) is 0 Å². The molecule has 0 unspecified atom stereocenters. The first kappa shape index (κ1) is 8.59. The maximum Gasteiger partial charge on any atom is 0.155 e.